The van der Waals surface area contributed by atoms with Gasteiger partial charge in [0.05, 0.1) is 10.3 Å². The molecular weight excluding hydrogens is 384 g/mol. The van der Waals surface area contributed by atoms with Crippen LogP contribution in [0, 0.1) is 10.1 Å². The van der Waals surface area contributed by atoms with Crippen LogP contribution in [-0.4, -0.2) is 19.5 Å². The third-order valence-corrected chi connectivity index (χ3v) is 5.74. The highest BCUT2D eigenvalue weighted by Crippen LogP contribution is 2.33. The Hall–Kier alpha value is -3.04. The summed E-state index contributed by atoms with van der Waals surface area (Å²) in [5, 5.41) is 14.8. The number of nitrogens with zero attached hydrogens (tertiary/aromatic N) is 4. The van der Waals surface area contributed by atoms with E-state index in [9.17, 15) is 14.9 Å². The summed E-state index contributed by atoms with van der Waals surface area (Å²) >= 11 is 2.59. The molecule has 9 heteroatoms. The van der Waals surface area contributed by atoms with E-state index in [-0.39, 0.29) is 16.9 Å². The van der Waals surface area contributed by atoms with Gasteiger partial charge < -0.3 is 0 Å². The first-order valence-corrected chi connectivity index (χ1v) is 9.57. The first-order chi connectivity index (χ1) is 13.0. The Morgan fingerprint density at radius 3 is 2.63 bits per heavy atom. The molecule has 1 aromatic carbocycles. The van der Waals surface area contributed by atoms with Crippen LogP contribution < -0.4 is 5.56 Å². The smallest absolute Gasteiger partial charge is 0.290 e. The number of pyridine rings is 1. The first kappa shape index (κ1) is 17.4. The highest BCUT2D eigenvalue weighted by atomic mass is 32.2. The summed E-state index contributed by atoms with van der Waals surface area (Å²) in [7, 11) is 1.65. The standard InChI is InChI=1S/C18H12N4O3S2/c1-21-17(23)12-9-10-26-16(12)20-18(21)27-14-8-7-13(22(24)25)15(19-14)11-5-3-2-4-6-11/h2-10H,1H3. The highest BCUT2D eigenvalue weighted by Gasteiger charge is 2.19. The molecule has 0 bridgehead atoms. The van der Waals surface area contributed by atoms with Crippen LogP contribution in [0.5, 0.6) is 0 Å². The van der Waals surface area contributed by atoms with E-state index in [0.717, 1.165) is 0 Å². The van der Waals surface area contributed by atoms with Crippen molar-refractivity contribution in [3.63, 3.8) is 0 Å². The molecule has 0 aliphatic rings. The van der Waals surface area contributed by atoms with E-state index < -0.39 is 4.92 Å². The Bertz CT molecular complexity index is 1220. The number of thiophene rings is 1. The molecule has 7 nitrogen and oxygen atoms in total. The van der Waals surface area contributed by atoms with Crippen molar-refractivity contribution in [3.8, 4) is 11.3 Å². The average Bonchev–Trinajstić information content (AvgIpc) is 3.15. The Balaban J connectivity index is 1.81. The van der Waals surface area contributed by atoms with E-state index in [1.807, 2.05) is 11.4 Å². The molecule has 0 amide bonds. The highest BCUT2D eigenvalue weighted by molar-refractivity contribution is 7.99. The predicted octanol–water partition coefficient (Wildman–Crippen LogP) is 4.12. The maximum absolute atomic E-state index is 12.4. The third-order valence-electron chi connectivity index (χ3n) is 3.95. The predicted molar refractivity (Wildman–Crippen MR) is 105 cm³/mol. The van der Waals surface area contributed by atoms with Gasteiger partial charge in [-0.25, -0.2) is 9.97 Å². The van der Waals surface area contributed by atoms with Crippen molar-refractivity contribution in [2.75, 3.05) is 0 Å². The lowest BCUT2D eigenvalue weighted by molar-refractivity contribution is -0.384. The SMILES string of the molecule is Cn1c(Sc2ccc([N+](=O)[O-])c(-c3ccccc3)n2)nc2sccc2c1=O. The van der Waals surface area contributed by atoms with Crippen molar-refractivity contribution in [3.05, 3.63) is 74.4 Å². The number of aromatic nitrogens is 3. The largest absolute Gasteiger partial charge is 0.295 e. The lowest BCUT2D eigenvalue weighted by Gasteiger charge is -2.08. The lowest BCUT2D eigenvalue weighted by Crippen LogP contribution is -2.19. The topological polar surface area (TPSA) is 90.9 Å². The first-order valence-electron chi connectivity index (χ1n) is 7.87. The normalized spacial score (nSPS) is 11.0. The van der Waals surface area contributed by atoms with Gasteiger partial charge in [0, 0.05) is 18.7 Å². The fourth-order valence-electron chi connectivity index (χ4n) is 2.61. The van der Waals surface area contributed by atoms with Crippen molar-refractivity contribution in [2.24, 2.45) is 7.05 Å². The van der Waals surface area contributed by atoms with Gasteiger partial charge in [0.25, 0.3) is 11.2 Å². The van der Waals surface area contributed by atoms with Crippen molar-refractivity contribution in [1.82, 2.24) is 14.5 Å². The number of nitro groups is 1. The summed E-state index contributed by atoms with van der Waals surface area (Å²) in [4.78, 5) is 33.0. The maximum atomic E-state index is 12.4. The van der Waals surface area contributed by atoms with E-state index in [0.29, 0.717) is 26.0 Å². The number of benzene rings is 1. The van der Waals surface area contributed by atoms with Crippen LogP contribution in [0.4, 0.5) is 5.69 Å². The van der Waals surface area contributed by atoms with Crippen LogP contribution in [-0.2, 0) is 7.05 Å². The second kappa shape index (κ2) is 6.93. The molecule has 27 heavy (non-hydrogen) atoms. The number of rotatable bonds is 4. The minimum Gasteiger partial charge on any atom is -0.290 e. The minimum atomic E-state index is -0.449. The van der Waals surface area contributed by atoms with Gasteiger partial charge in [0.1, 0.15) is 15.6 Å². The van der Waals surface area contributed by atoms with Crippen LogP contribution in [0.25, 0.3) is 21.5 Å². The number of hydrogen-bond acceptors (Lipinski definition) is 7. The van der Waals surface area contributed by atoms with Gasteiger partial charge >= 0.3 is 0 Å². The average molecular weight is 396 g/mol. The summed E-state index contributed by atoms with van der Waals surface area (Å²) in [5.41, 5.74) is 0.741. The van der Waals surface area contributed by atoms with Crippen molar-refractivity contribution in [1.29, 1.82) is 0 Å². The lowest BCUT2D eigenvalue weighted by atomic mass is 10.1. The quantitative estimate of drug-likeness (QED) is 0.293. The van der Waals surface area contributed by atoms with E-state index in [4.69, 9.17) is 0 Å². The molecule has 0 atom stereocenters. The van der Waals surface area contributed by atoms with Gasteiger partial charge in [-0.2, -0.15) is 0 Å². The molecule has 3 aromatic heterocycles. The van der Waals surface area contributed by atoms with Crippen LogP contribution in [0.1, 0.15) is 0 Å². The summed E-state index contributed by atoms with van der Waals surface area (Å²) in [6.45, 7) is 0. The van der Waals surface area contributed by atoms with Gasteiger partial charge in [-0.15, -0.1) is 11.3 Å². The van der Waals surface area contributed by atoms with Crippen LogP contribution in [0.3, 0.4) is 0 Å². The van der Waals surface area contributed by atoms with Gasteiger partial charge in [-0.1, -0.05) is 30.3 Å². The molecule has 0 saturated heterocycles. The molecule has 3 heterocycles. The van der Waals surface area contributed by atoms with E-state index in [1.54, 1.807) is 43.4 Å². The van der Waals surface area contributed by atoms with Crippen molar-refractivity contribution >= 4 is 39.0 Å². The van der Waals surface area contributed by atoms with Gasteiger partial charge in [-0.3, -0.25) is 19.5 Å². The summed E-state index contributed by atoms with van der Waals surface area (Å²) < 4.78 is 1.46. The number of fused-ring (bicyclic) bond motifs is 1. The second-order valence-corrected chi connectivity index (χ2v) is 7.52. The van der Waals surface area contributed by atoms with Crippen LogP contribution in [0.2, 0.25) is 0 Å². The van der Waals surface area contributed by atoms with E-state index in [1.165, 1.54) is 33.7 Å². The zero-order valence-electron chi connectivity index (χ0n) is 14.0. The summed E-state index contributed by atoms with van der Waals surface area (Å²) in [5.74, 6) is 0. The molecule has 4 aromatic rings. The Morgan fingerprint density at radius 1 is 1.11 bits per heavy atom. The summed E-state index contributed by atoms with van der Waals surface area (Å²) in [6.07, 6.45) is 0. The Kier molecular flexibility index (Phi) is 4.46. The maximum Gasteiger partial charge on any atom is 0.295 e. The zero-order chi connectivity index (χ0) is 19.0. The fraction of sp³-hybridized carbons (Fsp3) is 0.0556. The molecular formula is C18H12N4O3S2. The van der Waals surface area contributed by atoms with Crippen molar-refractivity contribution < 1.29 is 4.92 Å². The minimum absolute atomic E-state index is 0.0684. The van der Waals surface area contributed by atoms with Crippen LogP contribution >= 0.6 is 23.1 Å². The molecule has 0 unspecified atom stereocenters. The van der Waals surface area contributed by atoms with Crippen molar-refractivity contribution in [2.45, 2.75) is 10.2 Å². The molecule has 134 valence electrons. The van der Waals surface area contributed by atoms with Gasteiger partial charge in [0.2, 0.25) is 0 Å². The molecule has 0 N–H and O–H groups in total. The summed E-state index contributed by atoms with van der Waals surface area (Å²) in [6, 6.07) is 13.7. The second-order valence-electron chi connectivity index (χ2n) is 5.64. The van der Waals surface area contributed by atoms with Gasteiger partial charge in [0.15, 0.2) is 5.16 Å². The van der Waals surface area contributed by atoms with Gasteiger partial charge in [-0.05, 0) is 29.3 Å². The molecule has 0 spiro atoms. The zero-order valence-corrected chi connectivity index (χ0v) is 15.7. The Labute approximate surface area is 161 Å². The third kappa shape index (κ3) is 3.22. The molecule has 0 aliphatic heterocycles. The monoisotopic (exact) mass is 396 g/mol. The fourth-order valence-corrected chi connectivity index (χ4v) is 4.24. The molecule has 0 aliphatic carbocycles. The van der Waals surface area contributed by atoms with Crippen LogP contribution in [0.15, 0.2) is 68.9 Å². The molecule has 0 saturated carbocycles. The molecule has 0 fully saturated rings. The number of hydrogen-bond donors (Lipinski definition) is 0. The molecule has 0 radical (unpaired) electrons. The molecule has 4 rings (SSSR count). The van der Waals surface area contributed by atoms with E-state index in [2.05, 4.69) is 9.97 Å². The van der Waals surface area contributed by atoms with E-state index >= 15 is 0 Å². The Morgan fingerprint density at radius 2 is 1.89 bits per heavy atom.